The van der Waals surface area contributed by atoms with Crippen molar-refractivity contribution in [2.75, 3.05) is 13.1 Å². The number of carbonyl (C=O) groups excluding carboxylic acids is 2. The van der Waals surface area contributed by atoms with Crippen molar-refractivity contribution in [3.8, 4) is 0 Å². The molecule has 3 heterocycles. The summed E-state index contributed by atoms with van der Waals surface area (Å²) in [6.45, 7) is 3.74. The average molecular weight is 403 g/mol. The van der Waals surface area contributed by atoms with Crippen molar-refractivity contribution in [1.29, 1.82) is 0 Å². The van der Waals surface area contributed by atoms with Crippen LogP contribution in [-0.2, 0) is 11.3 Å². The van der Waals surface area contributed by atoms with Crippen LogP contribution < -0.4 is 5.32 Å². The fourth-order valence-corrected chi connectivity index (χ4v) is 4.67. The van der Waals surface area contributed by atoms with E-state index in [2.05, 4.69) is 10.3 Å². The predicted molar refractivity (Wildman–Crippen MR) is 113 cm³/mol. The summed E-state index contributed by atoms with van der Waals surface area (Å²) in [5, 5.41) is 3.98. The molecule has 30 heavy (non-hydrogen) atoms. The van der Waals surface area contributed by atoms with Crippen molar-refractivity contribution < 1.29 is 14.0 Å². The number of carbonyl (C=O) groups is 2. The van der Waals surface area contributed by atoms with Gasteiger partial charge in [-0.05, 0) is 55.9 Å². The van der Waals surface area contributed by atoms with Gasteiger partial charge in [-0.3, -0.25) is 14.6 Å². The molecule has 0 unspecified atom stereocenters. The minimum atomic E-state index is -0.0618. The number of benzene rings is 1. The number of piperidine rings is 1. The number of para-hydroxylation sites is 1. The largest absolute Gasteiger partial charge is 0.451 e. The number of fused-ring (bicyclic) bond motifs is 1. The average Bonchev–Trinajstić information content (AvgIpc) is 3.27. The lowest BCUT2D eigenvalue weighted by Crippen LogP contribution is -2.40. The van der Waals surface area contributed by atoms with Gasteiger partial charge < -0.3 is 14.6 Å². The van der Waals surface area contributed by atoms with Gasteiger partial charge in [0, 0.05) is 30.1 Å². The summed E-state index contributed by atoms with van der Waals surface area (Å²) in [6.07, 6.45) is 2.63. The van der Waals surface area contributed by atoms with E-state index in [0.29, 0.717) is 25.4 Å². The molecule has 2 fully saturated rings. The molecule has 5 rings (SSSR count). The van der Waals surface area contributed by atoms with E-state index in [1.165, 1.54) is 0 Å². The van der Waals surface area contributed by atoms with Gasteiger partial charge in [-0.1, -0.05) is 24.3 Å². The Balaban J connectivity index is 1.16. The molecule has 6 nitrogen and oxygen atoms in total. The third kappa shape index (κ3) is 3.47. The van der Waals surface area contributed by atoms with E-state index in [1.54, 1.807) is 0 Å². The monoisotopic (exact) mass is 403 g/mol. The smallest absolute Gasteiger partial charge is 0.289 e. The first-order valence-electron chi connectivity index (χ1n) is 10.5. The summed E-state index contributed by atoms with van der Waals surface area (Å²) in [6, 6.07) is 15.3. The van der Waals surface area contributed by atoms with Crippen LogP contribution in [-0.4, -0.2) is 34.8 Å². The summed E-state index contributed by atoms with van der Waals surface area (Å²) in [4.78, 5) is 31.8. The topological polar surface area (TPSA) is 75.4 Å². The Kier molecular flexibility index (Phi) is 4.57. The zero-order valence-corrected chi connectivity index (χ0v) is 17.1. The van der Waals surface area contributed by atoms with Gasteiger partial charge in [0.1, 0.15) is 5.58 Å². The van der Waals surface area contributed by atoms with Crippen LogP contribution in [0.4, 0.5) is 0 Å². The molecule has 154 valence electrons. The number of likely N-dealkylation sites (tertiary alicyclic amines) is 1. The number of hydrogen-bond acceptors (Lipinski definition) is 4. The van der Waals surface area contributed by atoms with Crippen LogP contribution in [0.15, 0.2) is 52.9 Å². The van der Waals surface area contributed by atoms with E-state index in [9.17, 15) is 9.59 Å². The Bertz CT molecular complexity index is 1080. The predicted octanol–water partition coefficient (Wildman–Crippen LogP) is 3.69. The van der Waals surface area contributed by atoms with E-state index in [1.807, 2.05) is 60.4 Å². The maximum absolute atomic E-state index is 12.8. The lowest BCUT2D eigenvalue weighted by molar-refractivity contribution is -0.123. The van der Waals surface area contributed by atoms with Crippen LogP contribution in [0.3, 0.4) is 0 Å². The second kappa shape index (κ2) is 7.27. The van der Waals surface area contributed by atoms with Crippen LogP contribution in [0.2, 0.25) is 0 Å². The fourth-order valence-electron chi connectivity index (χ4n) is 4.67. The normalized spacial score (nSPS) is 19.8. The van der Waals surface area contributed by atoms with Crippen LogP contribution >= 0.6 is 0 Å². The SMILES string of the molecule is Cc1cccc(CNC(=O)[C@H]2CC23CCN(C(=O)c2cc4ccccc4o2)CC3)n1. The summed E-state index contributed by atoms with van der Waals surface area (Å²) in [5.74, 6) is 0.484. The number of nitrogens with zero attached hydrogens (tertiary/aromatic N) is 2. The first-order valence-corrected chi connectivity index (χ1v) is 10.5. The number of aryl methyl sites for hydroxylation is 1. The molecule has 1 atom stereocenters. The molecule has 1 saturated heterocycles. The first kappa shape index (κ1) is 18.9. The Morgan fingerprint density at radius 1 is 1.17 bits per heavy atom. The number of amides is 2. The molecular formula is C24H25N3O3. The molecule has 1 aliphatic heterocycles. The maximum atomic E-state index is 12.8. The quantitative estimate of drug-likeness (QED) is 0.721. The highest BCUT2D eigenvalue weighted by atomic mass is 16.3. The molecule has 1 N–H and O–H groups in total. The summed E-state index contributed by atoms with van der Waals surface area (Å²) < 4.78 is 5.73. The highest BCUT2D eigenvalue weighted by Crippen LogP contribution is 2.59. The number of aromatic nitrogens is 1. The van der Waals surface area contributed by atoms with Crippen molar-refractivity contribution in [1.82, 2.24) is 15.2 Å². The zero-order chi connectivity index (χ0) is 20.7. The minimum Gasteiger partial charge on any atom is -0.451 e. The molecule has 0 radical (unpaired) electrons. The molecule has 1 aliphatic carbocycles. The highest BCUT2D eigenvalue weighted by Gasteiger charge is 2.58. The number of rotatable bonds is 4. The van der Waals surface area contributed by atoms with E-state index in [0.717, 1.165) is 41.6 Å². The van der Waals surface area contributed by atoms with Crippen LogP contribution in [0, 0.1) is 18.3 Å². The number of hydrogen-bond donors (Lipinski definition) is 1. The van der Waals surface area contributed by atoms with Crippen LogP contribution in [0.25, 0.3) is 11.0 Å². The Labute approximate surface area is 175 Å². The van der Waals surface area contributed by atoms with Gasteiger partial charge in [0.2, 0.25) is 5.91 Å². The zero-order valence-electron chi connectivity index (χ0n) is 17.1. The standard InChI is InChI=1S/C24H25N3O3/c1-16-5-4-7-18(26-16)15-25-22(28)19-14-24(19)9-11-27(12-10-24)23(29)21-13-17-6-2-3-8-20(17)30-21/h2-8,13,19H,9-12,14-15H2,1H3,(H,25,28)/t19-/m1/s1. The summed E-state index contributed by atoms with van der Waals surface area (Å²) >= 11 is 0. The van der Waals surface area contributed by atoms with E-state index in [-0.39, 0.29) is 23.1 Å². The number of pyridine rings is 1. The molecule has 2 aromatic heterocycles. The molecule has 1 saturated carbocycles. The molecule has 1 spiro atoms. The van der Waals surface area contributed by atoms with Gasteiger partial charge in [0.05, 0.1) is 12.2 Å². The Morgan fingerprint density at radius 2 is 1.97 bits per heavy atom. The molecule has 1 aromatic carbocycles. The third-order valence-corrected chi connectivity index (χ3v) is 6.58. The lowest BCUT2D eigenvalue weighted by atomic mass is 9.90. The minimum absolute atomic E-state index is 0.0470. The molecule has 0 bridgehead atoms. The Morgan fingerprint density at radius 3 is 2.73 bits per heavy atom. The van der Waals surface area contributed by atoms with Crippen molar-refractivity contribution >= 4 is 22.8 Å². The van der Waals surface area contributed by atoms with Gasteiger partial charge >= 0.3 is 0 Å². The van der Waals surface area contributed by atoms with Gasteiger partial charge in [0.15, 0.2) is 5.76 Å². The Hall–Kier alpha value is -3.15. The molecular weight excluding hydrogens is 378 g/mol. The third-order valence-electron chi connectivity index (χ3n) is 6.58. The van der Waals surface area contributed by atoms with Crippen LogP contribution in [0.5, 0.6) is 0 Å². The van der Waals surface area contributed by atoms with Gasteiger partial charge in [-0.25, -0.2) is 0 Å². The van der Waals surface area contributed by atoms with Gasteiger partial charge in [0.25, 0.3) is 5.91 Å². The lowest BCUT2D eigenvalue weighted by Gasteiger charge is -2.32. The fraction of sp³-hybridized carbons (Fsp3) is 0.375. The summed E-state index contributed by atoms with van der Waals surface area (Å²) in [5.41, 5.74) is 2.61. The van der Waals surface area contributed by atoms with E-state index in [4.69, 9.17) is 4.42 Å². The molecule has 2 amide bonds. The van der Waals surface area contributed by atoms with Crippen molar-refractivity contribution in [3.05, 3.63) is 65.7 Å². The van der Waals surface area contributed by atoms with Gasteiger partial charge in [-0.15, -0.1) is 0 Å². The van der Waals surface area contributed by atoms with E-state index >= 15 is 0 Å². The second-order valence-corrected chi connectivity index (χ2v) is 8.55. The maximum Gasteiger partial charge on any atom is 0.289 e. The number of nitrogens with one attached hydrogen (secondary N) is 1. The van der Waals surface area contributed by atoms with Gasteiger partial charge in [-0.2, -0.15) is 0 Å². The van der Waals surface area contributed by atoms with E-state index < -0.39 is 0 Å². The summed E-state index contributed by atoms with van der Waals surface area (Å²) in [7, 11) is 0. The number of furan rings is 1. The molecule has 2 aliphatic rings. The highest BCUT2D eigenvalue weighted by molar-refractivity contribution is 5.96. The van der Waals surface area contributed by atoms with Crippen molar-refractivity contribution in [2.45, 2.75) is 32.7 Å². The molecule has 6 heteroatoms. The van der Waals surface area contributed by atoms with Crippen LogP contribution in [0.1, 0.15) is 41.2 Å². The second-order valence-electron chi connectivity index (χ2n) is 8.55. The van der Waals surface area contributed by atoms with Crippen molar-refractivity contribution in [2.24, 2.45) is 11.3 Å². The van der Waals surface area contributed by atoms with Crippen molar-refractivity contribution in [3.63, 3.8) is 0 Å². The first-order chi connectivity index (χ1) is 14.5. The molecule has 3 aromatic rings.